The van der Waals surface area contributed by atoms with Crippen molar-refractivity contribution < 1.29 is 14.2 Å². The van der Waals surface area contributed by atoms with E-state index >= 15 is 0 Å². The van der Waals surface area contributed by atoms with Crippen molar-refractivity contribution >= 4 is 0 Å². The van der Waals surface area contributed by atoms with Crippen LogP contribution in [0.25, 0.3) is 0 Å². The molecule has 1 aromatic heterocycles. The molecular weight excluding hydrogens is 173 g/mol. The molecule has 0 unspecified atom stereocenters. The first-order chi connectivity index (χ1) is 6.29. The molecule has 1 fully saturated rings. The molecule has 0 amide bonds. The first kappa shape index (κ1) is 8.59. The molecule has 0 aromatic carbocycles. The highest BCUT2D eigenvalue weighted by Gasteiger charge is 2.29. The molecule has 2 rings (SSSR count). The summed E-state index contributed by atoms with van der Waals surface area (Å²) in [4.78, 5) is 3.64. The third kappa shape index (κ3) is 1.55. The van der Waals surface area contributed by atoms with Crippen LogP contribution in [0, 0.1) is 5.82 Å². The Morgan fingerprint density at radius 3 is 3.00 bits per heavy atom. The zero-order valence-corrected chi connectivity index (χ0v) is 6.98. The van der Waals surface area contributed by atoms with E-state index in [2.05, 4.69) is 4.98 Å². The Kier molecular flexibility index (Phi) is 2.24. The van der Waals surface area contributed by atoms with Crippen molar-refractivity contribution in [1.29, 1.82) is 0 Å². The summed E-state index contributed by atoms with van der Waals surface area (Å²) >= 11 is 0. The Morgan fingerprint density at radius 1 is 1.54 bits per heavy atom. The van der Waals surface area contributed by atoms with E-state index in [1.54, 1.807) is 6.07 Å². The molecule has 0 spiro atoms. The van der Waals surface area contributed by atoms with Crippen molar-refractivity contribution in [2.24, 2.45) is 0 Å². The van der Waals surface area contributed by atoms with Crippen molar-refractivity contribution in [2.75, 3.05) is 13.2 Å². The molecule has 0 radical (unpaired) electrons. The van der Waals surface area contributed by atoms with Gasteiger partial charge in [0.05, 0.1) is 25.5 Å². The molecule has 1 aliphatic rings. The average Bonchev–Trinajstić information content (AvgIpc) is 2.52. The van der Waals surface area contributed by atoms with E-state index in [-0.39, 0.29) is 18.3 Å². The normalized spacial score (nSPS) is 27.8. The fraction of sp³-hybridized carbons (Fsp3) is 0.444. The lowest BCUT2D eigenvalue weighted by molar-refractivity contribution is 0.124. The number of rotatable bonds is 1. The second-order valence-corrected chi connectivity index (χ2v) is 3.11. The average molecular weight is 183 g/mol. The van der Waals surface area contributed by atoms with Crippen LogP contribution in [-0.2, 0) is 4.74 Å². The van der Waals surface area contributed by atoms with E-state index < -0.39 is 6.10 Å². The summed E-state index contributed by atoms with van der Waals surface area (Å²) in [6, 6.07) is 1.58. The van der Waals surface area contributed by atoms with Crippen LogP contribution in [0.1, 0.15) is 11.5 Å². The van der Waals surface area contributed by atoms with E-state index in [4.69, 9.17) is 4.74 Å². The van der Waals surface area contributed by atoms with Crippen molar-refractivity contribution in [3.8, 4) is 0 Å². The van der Waals surface area contributed by atoms with E-state index in [0.29, 0.717) is 12.2 Å². The second kappa shape index (κ2) is 3.40. The molecule has 0 saturated carbocycles. The molecular formula is C9H10FNO2. The lowest BCUT2D eigenvalue weighted by Crippen LogP contribution is -2.16. The predicted molar refractivity (Wildman–Crippen MR) is 43.8 cm³/mol. The number of aromatic nitrogens is 1. The molecule has 4 heteroatoms. The summed E-state index contributed by atoms with van der Waals surface area (Å²) in [5, 5.41) is 9.45. The standard InChI is InChI=1S/C9H10FNO2/c10-8-3-11-2-1-6(8)7-4-13-5-9(7)12/h1-3,7,9,12H,4-5H2/t7-,9+/m0/s1. The number of hydrogen-bond donors (Lipinski definition) is 1. The summed E-state index contributed by atoms with van der Waals surface area (Å²) < 4.78 is 18.2. The van der Waals surface area contributed by atoms with Crippen molar-refractivity contribution in [3.63, 3.8) is 0 Å². The highest BCUT2D eigenvalue weighted by atomic mass is 19.1. The van der Waals surface area contributed by atoms with Gasteiger partial charge >= 0.3 is 0 Å². The Morgan fingerprint density at radius 2 is 2.38 bits per heavy atom. The molecule has 1 aliphatic heterocycles. The molecule has 70 valence electrons. The quantitative estimate of drug-likeness (QED) is 0.696. The van der Waals surface area contributed by atoms with Crippen molar-refractivity contribution in [1.82, 2.24) is 4.98 Å². The Balaban J connectivity index is 2.29. The number of nitrogens with zero attached hydrogens (tertiary/aromatic N) is 1. The van der Waals surface area contributed by atoms with E-state index in [1.165, 1.54) is 6.20 Å². The van der Waals surface area contributed by atoms with Crippen LogP contribution < -0.4 is 0 Å². The van der Waals surface area contributed by atoms with Gasteiger partial charge in [-0.2, -0.15) is 0 Å². The second-order valence-electron chi connectivity index (χ2n) is 3.11. The van der Waals surface area contributed by atoms with Crippen LogP contribution in [0.3, 0.4) is 0 Å². The summed E-state index contributed by atoms with van der Waals surface area (Å²) in [5.74, 6) is -0.625. The highest BCUT2D eigenvalue weighted by Crippen LogP contribution is 2.26. The minimum absolute atomic E-state index is 0.247. The maximum Gasteiger partial charge on any atom is 0.145 e. The van der Waals surface area contributed by atoms with Crippen LogP contribution >= 0.6 is 0 Å². The van der Waals surface area contributed by atoms with Gasteiger partial charge in [0.25, 0.3) is 0 Å². The SMILES string of the molecule is O[C@@H]1COC[C@H]1c1ccncc1F. The van der Waals surface area contributed by atoms with E-state index in [1.807, 2.05) is 0 Å². The molecule has 2 atom stereocenters. The number of ether oxygens (including phenoxy) is 1. The maximum absolute atomic E-state index is 13.2. The Labute approximate surface area is 75.2 Å². The monoisotopic (exact) mass is 183 g/mol. The lowest BCUT2D eigenvalue weighted by Gasteiger charge is -2.12. The molecule has 1 aromatic rings. The fourth-order valence-corrected chi connectivity index (χ4v) is 1.53. The summed E-state index contributed by atoms with van der Waals surface area (Å²) in [6.45, 7) is 0.661. The highest BCUT2D eigenvalue weighted by molar-refractivity contribution is 5.20. The molecule has 1 saturated heterocycles. The largest absolute Gasteiger partial charge is 0.390 e. The third-order valence-electron chi connectivity index (χ3n) is 2.25. The molecule has 0 aliphatic carbocycles. The van der Waals surface area contributed by atoms with E-state index in [9.17, 15) is 9.50 Å². The number of hydrogen-bond acceptors (Lipinski definition) is 3. The van der Waals surface area contributed by atoms with Crippen LogP contribution in [0.15, 0.2) is 18.5 Å². The van der Waals surface area contributed by atoms with Gasteiger partial charge in [0.15, 0.2) is 0 Å². The van der Waals surface area contributed by atoms with E-state index in [0.717, 1.165) is 6.20 Å². The van der Waals surface area contributed by atoms with Crippen LogP contribution in [0.2, 0.25) is 0 Å². The van der Waals surface area contributed by atoms with Crippen molar-refractivity contribution in [2.45, 2.75) is 12.0 Å². The van der Waals surface area contributed by atoms with Gasteiger partial charge in [0.1, 0.15) is 5.82 Å². The maximum atomic E-state index is 13.2. The molecule has 3 nitrogen and oxygen atoms in total. The zero-order valence-electron chi connectivity index (χ0n) is 6.98. The van der Waals surface area contributed by atoms with Gasteiger partial charge in [-0.15, -0.1) is 0 Å². The van der Waals surface area contributed by atoms with Crippen LogP contribution in [0.4, 0.5) is 4.39 Å². The summed E-state index contributed by atoms with van der Waals surface area (Å²) in [7, 11) is 0. The molecule has 13 heavy (non-hydrogen) atoms. The van der Waals surface area contributed by atoms with Gasteiger partial charge < -0.3 is 9.84 Å². The summed E-state index contributed by atoms with van der Waals surface area (Å²) in [5.41, 5.74) is 0.486. The van der Waals surface area contributed by atoms with Gasteiger partial charge in [-0.3, -0.25) is 4.98 Å². The fourth-order valence-electron chi connectivity index (χ4n) is 1.53. The Hall–Kier alpha value is -1.00. The third-order valence-corrected chi connectivity index (χ3v) is 2.25. The minimum Gasteiger partial charge on any atom is -0.390 e. The summed E-state index contributed by atoms with van der Waals surface area (Å²) in [6.07, 6.45) is 2.07. The molecule has 2 heterocycles. The van der Waals surface area contributed by atoms with Gasteiger partial charge in [0.2, 0.25) is 0 Å². The minimum atomic E-state index is -0.600. The van der Waals surface area contributed by atoms with Crippen molar-refractivity contribution in [3.05, 3.63) is 29.8 Å². The van der Waals surface area contributed by atoms with Gasteiger partial charge in [-0.25, -0.2) is 4.39 Å². The lowest BCUT2D eigenvalue weighted by atomic mass is 9.97. The zero-order chi connectivity index (χ0) is 9.26. The predicted octanol–water partition coefficient (Wildman–Crippen LogP) is 0.695. The van der Waals surface area contributed by atoms with Gasteiger partial charge in [-0.05, 0) is 11.6 Å². The van der Waals surface area contributed by atoms with Gasteiger partial charge in [0, 0.05) is 12.1 Å². The van der Waals surface area contributed by atoms with Crippen LogP contribution in [-0.4, -0.2) is 29.4 Å². The first-order valence-corrected chi connectivity index (χ1v) is 4.14. The first-order valence-electron chi connectivity index (χ1n) is 4.14. The molecule has 0 bridgehead atoms. The number of aliphatic hydroxyl groups is 1. The van der Waals surface area contributed by atoms with Crippen LogP contribution in [0.5, 0.6) is 0 Å². The number of pyridine rings is 1. The smallest absolute Gasteiger partial charge is 0.145 e. The number of halogens is 1. The Bertz CT molecular complexity index is 305. The van der Waals surface area contributed by atoms with Gasteiger partial charge in [-0.1, -0.05) is 0 Å². The number of aliphatic hydroxyl groups excluding tert-OH is 1. The topological polar surface area (TPSA) is 42.4 Å². The molecule has 1 N–H and O–H groups in total.